The summed E-state index contributed by atoms with van der Waals surface area (Å²) in [6.45, 7) is 27.5. The average molecular weight is 760 g/mol. The maximum atomic E-state index is 14.3. The van der Waals surface area contributed by atoms with Gasteiger partial charge < -0.3 is 29.9 Å². The number of phenolic OH excluding ortho intramolecular Hbond substituents is 1. The quantitative estimate of drug-likeness (QED) is 0.128. The highest BCUT2D eigenvalue weighted by molar-refractivity contribution is 5.93. The highest BCUT2D eigenvalue weighted by atomic mass is 16.6. The fourth-order valence-electron chi connectivity index (χ4n) is 5.76. The zero-order valence-electron chi connectivity index (χ0n) is 36.0. The van der Waals surface area contributed by atoms with Gasteiger partial charge in [-0.2, -0.15) is 0 Å². The van der Waals surface area contributed by atoms with Crippen molar-refractivity contribution in [3.8, 4) is 5.75 Å². The number of hydrogen-bond acceptors (Lipinski definition) is 8. The molecule has 3 atom stereocenters. The van der Waals surface area contributed by atoms with Gasteiger partial charge in [0.1, 0.15) is 23.4 Å². The summed E-state index contributed by atoms with van der Waals surface area (Å²) in [6.07, 6.45) is 2.92. The fraction of sp³-hybridized carbons (Fsp3) is 0.643. The van der Waals surface area contributed by atoms with Gasteiger partial charge in [0.15, 0.2) is 0 Å². The molecule has 0 saturated heterocycles. The molecule has 12 nitrogen and oxygen atoms in total. The van der Waals surface area contributed by atoms with Gasteiger partial charge in [-0.15, -0.1) is 0 Å². The molecule has 0 aromatic heterocycles. The largest absolute Gasteiger partial charge is 0.508 e. The van der Waals surface area contributed by atoms with Crippen LogP contribution in [-0.2, 0) is 34.1 Å². The Morgan fingerprint density at radius 3 is 1.80 bits per heavy atom. The van der Waals surface area contributed by atoms with Crippen LogP contribution in [0.15, 0.2) is 47.1 Å². The lowest BCUT2D eigenvalue weighted by Gasteiger charge is -2.42. The lowest BCUT2D eigenvalue weighted by Crippen LogP contribution is -2.63. The highest BCUT2D eigenvalue weighted by Crippen LogP contribution is 2.33. The van der Waals surface area contributed by atoms with E-state index < -0.39 is 58.5 Å². The maximum absolute atomic E-state index is 14.3. The third kappa shape index (κ3) is 15.2. The molecule has 306 valence electrons. The zero-order chi connectivity index (χ0) is 42.5. The first-order chi connectivity index (χ1) is 24.5. The van der Waals surface area contributed by atoms with Crippen molar-refractivity contribution in [3.05, 3.63) is 52.6 Å². The summed E-state index contributed by atoms with van der Waals surface area (Å²) >= 11 is 0. The van der Waals surface area contributed by atoms with E-state index in [1.165, 1.54) is 24.1 Å². The third-order valence-corrected chi connectivity index (χ3v) is 9.09. The molecule has 54 heavy (non-hydrogen) atoms. The number of hydrogen-bond donors (Lipinski definition) is 3. The van der Waals surface area contributed by atoms with E-state index in [9.17, 15) is 29.1 Å². The average Bonchev–Trinajstić information content (AvgIpc) is 3.04. The van der Waals surface area contributed by atoms with Gasteiger partial charge in [-0.3, -0.25) is 14.5 Å². The molecular weight excluding hydrogens is 690 g/mol. The number of nitrogens with zero attached hydrogens (tertiary/aromatic N) is 2. The molecule has 1 unspecified atom stereocenters. The minimum Gasteiger partial charge on any atom is -0.508 e. The lowest BCUT2D eigenvalue weighted by atomic mass is 9.76. The van der Waals surface area contributed by atoms with Crippen LogP contribution in [0, 0.1) is 11.3 Å². The number of allylic oxidation sites excluding steroid dienone is 1. The SMILES string of the molecule is CCCC(C)=C(C)C(=O)O.CCOC(=O)/C(C)=C/[C@H](C(C)C)N(C)C(=O)[C@@H](NC(=O)C(N(C)C(=O)OC(C)(C)C)C(C)(C)c1ccc(O)cc1)C(C)(C)C. The normalized spacial score (nSPS) is 14.4. The standard InChI is InChI=1S/C34H55N3O7.C8H14O2/c1-15-43-30(41)22(4)20-25(21(2)3)36(13)29(40)26(32(5,6)7)35-28(39)27(37(14)31(42)44-33(8,9)10)34(11,12)23-16-18-24(38)19-17-23;1-4-5-6(2)7(3)8(9)10/h16-21,25-27,38H,15H2,1-14H3,(H,35,39);4-5H2,1-3H3,(H,9,10)/b22-20+;/t25-,26-,27?;/m1./s1. The number of rotatable bonds is 14. The van der Waals surface area contributed by atoms with E-state index in [0.29, 0.717) is 16.7 Å². The number of carbonyl (C=O) groups is 5. The van der Waals surface area contributed by atoms with Crippen LogP contribution in [-0.4, -0.2) is 94.3 Å². The van der Waals surface area contributed by atoms with Crippen LogP contribution in [0.3, 0.4) is 0 Å². The van der Waals surface area contributed by atoms with Crippen molar-refractivity contribution < 1.29 is 43.7 Å². The predicted molar refractivity (Wildman–Crippen MR) is 213 cm³/mol. The molecule has 3 N–H and O–H groups in total. The molecule has 0 aliphatic rings. The van der Waals surface area contributed by atoms with Crippen LogP contribution >= 0.6 is 0 Å². The second-order valence-corrected chi connectivity index (χ2v) is 16.8. The second-order valence-electron chi connectivity index (χ2n) is 16.8. The van der Waals surface area contributed by atoms with E-state index >= 15 is 0 Å². The molecule has 0 fully saturated rings. The summed E-state index contributed by atoms with van der Waals surface area (Å²) in [7, 11) is 3.15. The summed E-state index contributed by atoms with van der Waals surface area (Å²) in [4.78, 5) is 67.3. The Labute approximate surface area is 324 Å². The van der Waals surface area contributed by atoms with Crippen molar-refractivity contribution in [2.45, 2.75) is 146 Å². The molecule has 0 aliphatic carbocycles. The molecule has 3 amide bonds. The Morgan fingerprint density at radius 2 is 1.39 bits per heavy atom. The molecule has 1 rings (SSSR count). The fourth-order valence-corrected chi connectivity index (χ4v) is 5.76. The first-order valence-electron chi connectivity index (χ1n) is 18.6. The minimum absolute atomic E-state index is 0.0517. The summed E-state index contributed by atoms with van der Waals surface area (Å²) < 4.78 is 10.7. The van der Waals surface area contributed by atoms with E-state index in [0.717, 1.165) is 18.4 Å². The van der Waals surface area contributed by atoms with E-state index in [1.807, 2.05) is 62.3 Å². The van der Waals surface area contributed by atoms with Crippen molar-refractivity contribution in [2.75, 3.05) is 20.7 Å². The molecule has 1 aromatic rings. The third-order valence-electron chi connectivity index (χ3n) is 9.09. The minimum atomic E-state index is -1.10. The van der Waals surface area contributed by atoms with Crippen LogP contribution in [0.4, 0.5) is 4.79 Å². The van der Waals surface area contributed by atoms with Crippen molar-refractivity contribution >= 4 is 29.8 Å². The number of carboxylic acids is 1. The second kappa shape index (κ2) is 20.9. The molecule has 0 radical (unpaired) electrons. The molecule has 0 bridgehead atoms. The number of benzene rings is 1. The Kier molecular flexibility index (Phi) is 19.2. The van der Waals surface area contributed by atoms with Gasteiger partial charge in [-0.05, 0) is 83.9 Å². The number of carbonyl (C=O) groups excluding carboxylic acids is 4. The van der Waals surface area contributed by atoms with Crippen molar-refractivity contribution in [1.29, 1.82) is 0 Å². The smallest absolute Gasteiger partial charge is 0.410 e. The van der Waals surface area contributed by atoms with Crippen LogP contribution in [0.2, 0.25) is 0 Å². The Balaban J connectivity index is 0.00000244. The zero-order valence-corrected chi connectivity index (χ0v) is 36.0. The van der Waals surface area contributed by atoms with Gasteiger partial charge >= 0.3 is 18.0 Å². The van der Waals surface area contributed by atoms with Gasteiger partial charge in [-0.1, -0.05) is 85.6 Å². The highest BCUT2D eigenvalue weighted by Gasteiger charge is 2.46. The summed E-state index contributed by atoms with van der Waals surface area (Å²) in [6, 6.07) is 3.90. The first-order valence-corrected chi connectivity index (χ1v) is 18.6. The first kappa shape index (κ1) is 49.6. The van der Waals surface area contributed by atoms with Crippen LogP contribution < -0.4 is 5.32 Å². The number of ether oxygens (including phenoxy) is 2. The number of likely N-dealkylation sites (N-methyl/N-ethyl adjacent to an activating group) is 2. The number of aliphatic carboxylic acids is 1. The lowest BCUT2D eigenvalue weighted by molar-refractivity contribution is -0.142. The molecule has 1 aromatic carbocycles. The van der Waals surface area contributed by atoms with Crippen LogP contribution in [0.1, 0.15) is 122 Å². The Hall–Kier alpha value is -4.35. The van der Waals surface area contributed by atoms with Crippen LogP contribution in [0.25, 0.3) is 0 Å². The topological polar surface area (TPSA) is 163 Å². The van der Waals surface area contributed by atoms with Gasteiger partial charge in [0, 0.05) is 30.7 Å². The molecule has 0 aliphatic heterocycles. The van der Waals surface area contributed by atoms with Crippen LogP contribution in [0.5, 0.6) is 5.75 Å². The van der Waals surface area contributed by atoms with Crippen molar-refractivity contribution in [3.63, 3.8) is 0 Å². The van der Waals surface area contributed by atoms with E-state index in [2.05, 4.69) is 5.32 Å². The van der Waals surface area contributed by atoms with Gasteiger partial charge in [0.2, 0.25) is 11.8 Å². The number of nitrogens with one attached hydrogen (secondary N) is 1. The summed E-state index contributed by atoms with van der Waals surface area (Å²) in [5.74, 6) is -2.13. The number of carboxylic acid groups (broad SMARTS) is 1. The number of phenols is 1. The van der Waals surface area contributed by atoms with Gasteiger partial charge in [0.05, 0.1) is 12.6 Å². The van der Waals surface area contributed by atoms with Crippen molar-refractivity contribution in [1.82, 2.24) is 15.1 Å². The maximum Gasteiger partial charge on any atom is 0.410 e. The van der Waals surface area contributed by atoms with Gasteiger partial charge in [-0.25, -0.2) is 14.4 Å². The summed E-state index contributed by atoms with van der Waals surface area (Å²) in [5, 5.41) is 21.4. The molecule has 12 heteroatoms. The van der Waals surface area contributed by atoms with Gasteiger partial charge in [0.25, 0.3) is 0 Å². The van der Waals surface area contributed by atoms with E-state index in [-0.39, 0.29) is 24.2 Å². The Bertz CT molecular complexity index is 1500. The molecule has 0 saturated carbocycles. The van der Waals surface area contributed by atoms with E-state index in [4.69, 9.17) is 14.6 Å². The number of esters is 1. The summed E-state index contributed by atoms with van der Waals surface area (Å²) in [5.41, 5.74) is 0.0538. The molecule has 0 heterocycles. The number of aromatic hydroxyl groups is 1. The predicted octanol–water partition coefficient (Wildman–Crippen LogP) is 7.64. The van der Waals surface area contributed by atoms with Crippen molar-refractivity contribution in [2.24, 2.45) is 11.3 Å². The number of amides is 3. The monoisotopic (exact) mass is 760 g/mol. The molecule has 0 spiro atoms. The van der Waals surface area contributed by atoms with E-state index in [1.54, 1.807) is 71.7 Å². The molecular formula is C42H69N3O9. The Morgan fingerprint density at radius 1 is 0.870 bits per heavy atom.